The first-order chi connectivity index (χ1) is 12.5. The summed E-state index contributed by atoms with van der Waals surface area (Å²) in [5.74, 6) is -1.11. The summed E-state index contributed by atoms with van der Waals surface area (Å²) >= 11 is 0. The molecule has 0 radical (unpaired) electrons. The number of pyridine rings is 1. The Bertz CT molecular complexity index is 745. The van der Waals surface area contributed by atoms with E-state index in [4.69, 9.17) is 5.73 Å². The van der Waals surface area contributed by atoms with Crippen LogP contribution >= 0.6 is 0 Å². The lowest BCUT2D eigenvalue weighted by Crippen LogP contribution is -2.57. The zero-order valence-corrected chi connectivity index (χ0v) is 14.9. The lowest BCUT2D eigenvalue weighted by Gasteiger charge is -2.40. The molecule has 27 heavy (non-hydrogen) atoms. The van der Waals surface area contributed by atoms with Crippen molar-refractivity contribution >= 4 is 17.6 Å². The molecule has 148 valence electrons. The first-order valence-corrected chi connectivity index (χ1v) is 8.19. The van der Waals surface area contributed by atoms with Crippen LogP contribution in [0.25, 0.3) is 0 Å². The van der Waals surface area contributed by atoms with Crippen LogP contribution in [0.1, 0.15) is 25.8 Å². The average Bonchev–Trinajstić information content (AvgIpc) is 2.53. The fraction of sp³-hybridized carbons (Fsp3) is 0.471. The molecular formula is C17H21F3N4O3. The fourth-order valence-electron chi connectivity index (χ4n) is 2.33. The van der Waals surface area contributed by atoms with Crippen molar-refractivity contribution in [3.63, 3.8) is 0 Å². The van der Waals surface area contributed by atoms with Crippen molar-refractivity contribution in [3.8, 4) is 0 Å². The van der Waals surface area contributed by atoms with Crippen LogP contribution in [0.2, 0.25) is 0 Å². The number of amides is 2. The molecule has 1 atom stereocenters. The molecule has 1 aromatic heterocycles. The van der Waals surface area contributed by atoms with Gasteiger partial charge in [0.1, 0.15) is 11.9 Å². The molecule has 0 bridgehead atoms. The highest BCUT2D eigenvalue weighted by Gasteiger charge is 2.37. The number of alkyl halides is 3. The van der Waals surface area contributed by atoms with E-state index in [1.807, 2.05) is 0 Å². The lowest BCUT2D eigenvalue weighted by atomic mass is 9.90. The molecule has 2 amide bonds. The number of aliphatic hydroxyl groups excluding tert-OH is 1. The lowest BCUT2D eigenvalue weighted by molar-refractivity contribution is -0.138. The quantitative estimate of drug-likeness (QED) is 0.656. The summed E-state index contributed by atoms with van der Waals surface area (Å²) in [6, 6.07) is 1.37. The van der Waals surface area contributed by atoms with Crippen molar-refractivity contribution in [1.29, 1.82) is 0 Å². The van der Waals surface area contributed by atoms with Crippen LogP contribution in [0.5, 0.6) is 0 Å². The largest absolute Gasteiger partial charge is 0.417 e. The van der Waals surface area contributed by atoms with Crippen LogP contribution in [0, 0.1) is 5.41 Å². The van der Waals surface area contributed by atoms with E-state index in [0.29, 0.717) is 19.2 Å². The van der Waals surface area contributed by atoms with Gasteiger partial charge in [-0.2, -0.15) is 13.2 Å². The molecule has 0 aliphatic carbocycles. The predicted molar refractivity (Wildman–Crippen MR) is 91.3 cm³/mol. The van der Waals surface area contributed by atoms with Crippen LogP contribution in [0.4, 0.5) is 19.0 Å². The number of nitrogens with one attached hydrogen (secondary N) is 1. The number of anilines is 1. The predicted octanol–water partition coefficient (Wildman–Crippen LogP) is 1.18. The van der Waals surface area contributed by atoms with Crippen molar-refractivity contribution in [2.24, 2.45) is 11.1 Å². The van der Waals surface area contributed by atoms with Crippen molar-refractivity contribution in [2.45, 2.75) is 32.5 Å². The van der Waals surface area contributed by atoms with Gasteiger partial charge in [0.15, 0.2) is 0 Å². The Balaban J connectivity index is 2.01. The minimum absolute atomic E-state index is 0.116. The zero-order chi connectivity index (χ0) is 20.4. The first kappa shape index (κ1) is 20.7. The number of nitrogens with zero attached hydrogens (tertiary/aromatic N) is 2. The van der Waals surface area contributed by atoms with Gasteiger partial charge in [-0.1, -0.05) is 13.8 Å². The molecule has 4 N–H and O–H groups in total. The van der Waals surface area contributed by atoms with Crippen LogP contribution in [0.15, 0.2) is 30.1 Å². The molecular weight excluding hydrogens is 365 g/mol. The maximum Gasteiger partial charge on any atom is 0.417 e. The van der Waals surface area contributed by atoms with E-state index in [1.54, 1.807) is 13.8 Å². The van der Waals surface area contributed by atoms with Crippen molar-refractivity contribution < 1.29 is 27.9 Å². The molecule has 1 fully saturated rings. The summed E-state index contributed by atoms with van der Waals surface area (Å²) in [6.07, 6.45) is -2.32. The molecule has 1 aliphatic rings. The number of nitrogens with two attached hydrogens (primary N) is 1. The topological polar surface area (TPSA) is 109 Å². The van der Waals surface area contributed by atoms with Gasteiger partial charge in [-0.25, -0.2) is 4.98 Å². The number of rotatable bonds is 5. The second kappa shape index (κ2) is 7.55. The Kier molecular flexibility index (Phi) is 5.79. The van der Waals surface area contributed by atoms with Gasteiger partial charge in [-0.15, -0.1) is 0 Å². The Morgan fingerprint density at radius 2 is 2.07 bits per heavy atom. The summed E-state index contributed by atoms with van der Waals surface area (Å²) in [5, 5.41) is 11.4. The number of carbonyl (C=O) groups is 2. The van der Waals surface area contributed by atoms with E-state index >= 15 is 0 Å². The molecule has 2 heterocycles. The van der Waals surface area contributed by atoms with Gasteiger partial charge in [0.05, 0.1) is 12.2 Å². The number of aromatic nitrogens is 1. The third-order valence-corrected chi connectivity index (χ3v) is 4.40. The highest BCUT2D eigenvalue weighted by molar-refractivity contribution is 6.04. The van der Waals surface area contributed by atoms with E-state index in [9.17, 15) is 27.9 Å². The molecule has 0 aromatic carbocycles. The van der Waals surface area contributed by atoms with Crippen LogP contribution in [-0.4, -0.2) is 41.1 Å². The number of halogens is 3. The molecule has 1 saturated heterocycles. The molecule has 10 heteroatoms. The summed E-state index contributed by atoms with van der Waals surface area (Å²) in [7, 11) is 0. The van der Waals surface area contributed by atoms with Gasteiger partial charge in [-0.3, -0.25) is 14.9 Å². The SMILES string of the molecule is CC(C)(CO)C(N)=CC(=O)NC(=O)[C@@H]1CCN1c1ccc(C(F)(F)F)cn1. The van der Waals surface area contributed by atoms with Crippen LogP contribution < -0.4 is 16.0 Å². The molecule has 1 aliphatic heterocycles. The number of imide groups is 1. The van der Waals surface area contributed by atoms with Gasteiger partial charge in [0.25, 0.3) is 5.91 Å². The molecule has 0 spiro atoms. The minimum atomic E-state index is -4.49. The number of hydrogen-bond donors (Lipinski definition) is 3. The van der Waals surface area contributed by atoms with Gasteiger partial charge in [0.2, 0.25) is 5.91 Å². The maximum atomic E-state index is 12.6. The van der Waals surface area contributed by atoms with Gasteiger partial charge in [0, 0.05) is 29.9 Å². The fourth-order valence-corrected chi connectivity index (χ4v) is 2.33. The van der Waals surface area contributed by atoms with Gasteiger partial charge in [-0.05, 0) is 18.6 Å². The van der Waals surface area contributed by atoms with Crippen LogP contribution in [0.3, 0.4) is 0 Å². The maximum absolute atomic E-state index is 12.6. The standard InChI is InChI=1S/C17H21F3N4O3/c1-16(2,9-25)12(21)7-14(26)23-15(27)11-5-6-24(11)13-4-3-10(8-22-13)17(18,19)20/h3-4,7-8,11,25H,5-6,9,21H2,1-2H3,(H,23,26,27)/t11-/m0/s1. The smallest absolute Gasteiger partial charge is 0.401 e. The summed E-state index contributed by atoms with van der Waals surface area (Å²) in [5.41, 5.74) is 4.17. The summed E-state index contributed by atoms with van der Waals surface area (Å²) in [6.45, 7) is 3.43. The molecule has 2 rings (SSSR count). The highest BCUT2D eigenvalue weighted by atomic mass is 19.4. The summed E-state index contributed by atoms with van der Waals surface area (Å²) in [4.78, 5) is 29.4. The minimum Gasteiger partial charge on any atom is -0.401 e. The van der Waals surface area contributed by atoms with E-state index in [-0.39, 0.29) is 18.1 Å². The second-order valence-corrected chi connectivity index (χ2v) is 6.90. The van der Waals surface area contributed by atoms with Gasteiger partial charge >= 0.3 is 6.18 Å². The van der Waals surface area contributed by atoms with E-state index in [1.165, 1.54) is 11.0 Å². The summed E-state index contributed by atoms with van der Waals surface area (Å²) < 4.78 is 37.8. The average molecular weight is 386 g/mol. The van der Waals surface area contributed by atoms with E-state index in [2.05, 4.69) is 10.3 Å². The molecule has 1 aromatic rings. The Labute approximate surface area is 154 Å². The Morgan fingerprint density at radius 3 is 2.52 bits per heavy atom. The molecule has 0 saturated carbocycles. The number of hydrogen-bond acceptors (Lipinski definition) is 6. The normalized spacial score (nSPS) is 18.1. The highest BCUT2D eigenvalue weighted by Crippen LogP contribution is 2.31. The van der Waals surface area contributed by atoms with Crippen molar-refractivity contribution in [1.82, 2.24) is 10.3 Å². The Hall–Kier alpha value is -2.62. The van der Waals surface area contributed by atoms with Gasteiger partial charge < -0.3 is 15.7 Å². The third kappa shape index (κ3) is 4.76. The second-order valence-electron chi connectivity index (χ2n) is 6.90. The van der Waals surface area contributed by atoms with Crippen molar-refractivity contribution in [3.05, 3.63) is 35.7 Å². The Morgan fingerprint density at radius 1 is 1.41 bits per heavy atom. The zero-order valence-electron chi connectivity index (χ0n) is 14.9. The van der Waals surface area contributed by atoms with E-state index < -0.39 is 35.0 Å². The molecule has 7 nitrogen and oxygen atoms in total. The molecule has 0 unspecified atom stereocenters. The van der Waals surface area contributed by atoms with Crippen LogP contribution in [-0.2, 0) is 15.8 Å². The monoisotopic (exact) mass is 386 g/mol. The first-order valence-electron chi connectivity index (χ1n) is 8.19. The van der Waals surface area contributed by atoms with E-state index in [0.717, 1.165) is 12.1 Å². The number of carbonyl (C=O) groups excluding carboxylic acids is 2. The third-order valence-electron chi connectivity index (χ3n) is 4.40. The van der Waals surface area contributed by atoms with Crippen molar-refractivity contribution in [2.75, 3.05) is 18.1 Å². The number of aliphatic hydroxyl groups is 1.